The largest absolute Gasteiger partial charge is 0.389 e. The van der Waals surface area contributed by atoms with Gasteiger partial charge in [-0.25, -0.2) is 9.07 Å². The lowest BCUT2D eigenvalue weighted by Gasteiger charge is -2.14. The van der Waals surface area contributed by atoms with E-state index < -0.39 is 6.10 Å². The summed E-state index contributed by atoms with van der Waals surface area (Å²) in [5.74, 6) is -0.281. The van der Waals surface area contributed by atoms with E-state index in [2.05, 4.69) is 10.00 Å². The van der Waals surface area contributed by atoms with Crippen molar-refractivity contribution in [2.75, 3.05) is 19.7 Å². The molecule has 0 radical (unpaired) electrons. The topological polar surface area (TPSA) is 50.5 Å². The van der Waals surface area contributed by atoms with Crippen LogP contribution >= 0.6 is 0 Å². The van der Waals surface area contributed by atoms with Gasteiger partial charge in [-0.2, -0.15) is 5.10 Å². The number of likely N-dealkylation sites (tertiary alicyclic amines) is 1. The maximum absolute atomic E-state index is 13.3. The molecule has 6 heteroatoms. The van der Waals surface area contributed by atoms with E-state index in [-0.39, 0.29) is 11.9 Å². The molecule has 0 amide bonds. The molecule has 0 unspecified atom stereocenters. The van der Waals surface area contributed by atoms with Crippen molar-refractivity contribution >= 4 is 0 Å². The number of halogens is 1. The minimum atomic E-state index is -0.446. The third kappa shape index (κ3) is 3.35. The Morgan fingerprint density at radius 2 is 2.27 bits per heavy atom. The molecule has 1 fully saturated rings. The zero-order valence-corrected chi connectivity index (χ0v) is 12.5. The maximum atomic E-state index is 13.3. The summed E-state index contributed by atoms with van der Waals surface area (Å²) >= 11 is 0. The van der Waals surface area contributed by atoms with Crippen LogP contribution in [0, 0.1) is 5.82 Å². The standard InChI is InChI=1S/C16H20FN3O2/c1-2-22-16-11-19(10-15(16)21)8-12-7-18-20(9-12)14-5-3-4-13(17)6-14/h3-7,9,15-16,21H,2,8,10-11H2,1H3/t15-,16-/m0/s1. The van der Waals surface area contributed by atoms with Gasteiger partial charge in [0, 0.05) is 38.0 Å². The highest BCUT2D eigenvalue weighted by atomic mass is 19.1. The summed E-state index contributed by atoms with van der Waals surface area (Å²) < 4.78 is 20.4. The molecule has 1 aliphatic rings. The smallest absolute Gasteiger partial charge is 0.125 e. The predicted molar refractivity (Wildman–Crippen MR) is 80.2 cm³/mol. The van der Waals surface area contributed by atoms with E-state index in [4.69, 9.17) is 4.74 Å². The van der Waals surface area contributed by atoms with Gasteiger partial charge in [0.05, 0.1) is 24.1 Å². The Hall–Kier alpha value is -1.76. The molecular weight excluding hydrogens is 285 g/mol. The Morgan fingerprint density at radius 3 is 3.05 bits per heavy atom. The highest BCUT2D eigenvalue weighted by Crippen LogP contribution is 2.17. The van der Waals surface area contributed by atoms with Crippen molar-refractivity contribution in [2.24, 2.45) is 0 Å². The van der Waals surface area contributed by atoms with Gasteiger partial charge in [0.25, 0.3) is 0 Å². The molecule has 1 aromatic carbocycles. The highest BCUT2D eigenvalue weighted by Gasteiger charge is 2.31. The predicted octanol–water partition coefficient (Wildman–Crippen LogP) is 1.59. The summed E-state index contributed by atoms with van der Waals surface area (Å²) in [7, 11) is 0. The molecule has 22 heavy (non-hydrogen) atoms. The quantitative estimate of drug-likeness (QED) is 0.911. The first-order chi connectivity index (χ1) is 10.7. The van der Waals surface area contributed by atoms with Gasteiger partial charge in [-0.3, -0.25) is 4.90 Å². The Kier molecular flexibility index (Phi) is 4.52. The number of aliphatic hydroxyl groups excluding tert-OH is 1. The van der Waals surface area contributed by atoms with Gasteiger partial charge in [-0.05, 0) is 25.1 Å². The van der Waals surface area contributed by atoms with Crippen LogP contribution in [0.5, 0.6) is 0 Å². The van der Waals surface area contributed by atoms with Crippen molar-refractivity contribution in [3.8, 4) is 5.69 Å². The molecule has 2 atom stereocenters. The van der Waals surface area contributed by atoms with Gasteiger partial charge in [-0.1, -0.05) is 6.07 Å². The van der Waals surface area contributed by atoms with E-state index in [1.54, 1.807) is 16.9 Å². The van der Waals surface area contributed by atoms with E-state index in [1.165, 1.54) is 12.1 Å². The lowest BCUT2D eigenvalue weighted by Crippen LogP contribution is -2.26. The van der Waals surface area contributed by atoms with E-state index >= 15 is 0 Å². The Morgan fingerprint density at radius 1 is 1.41 bits per heavy atom. The normalized spacial score (nSPS) is 22.3. The lowest BCUT2D eigenvalue weighted by atomic mass is 10.3. The van der Waals surface area contributed by atoms with Gasteiger partial charge >= 0.3 is 0 Å². The van der Waals surface area contributed by atoms with Crippen molar-refractivity contribution in [3.05, 3.63) is 48.0 Å². The molecule has 1 N–H and O–H groups in total. The maximum Gasteiger partial charge on any atom is 0.125 e. The van der Waals surface area contributed by atoms with Crippen LogP contribution in [0.25, 0.3) is 5.69 Å². The molecule has 0 spiro atoms. The average molecular weight is 305 g/mol. The number of hydrogen-bond acceptors (Lipinski definition) is 4. The number of β-amino-alcohol motifs (C(OH)–C–C–N with tert-alkyl or cyclic N) is 1. The van der Waals surface area contributed by atoms with Crippen LogP contribution in [0.4, 0.5) is 4.39 Å². The van der Waals surface area contributed by atoms with Crippen molar-refractivity contribution in [1.82, 2.24) is 14.7 Å². The molecule has 118 valence electrons. The van der Waals surface area contributed by atoms with Crippen molar-refractivity contribution < 1.29 is 14.2 Å². The van der Waals surface area contributed by atoms with Crippen LogP contribution in [0.15, 0.2) is 36.7 Å². The van der Waals surface area contributed by atoms with Crippen LogP contribution < -0.4 is 0 Å². The fourth-order valence-corrected chi connectivity index (χ4v) is 2.80. The second-order valence-electron chi connectivity index (χ2n) is 5.53. The molecule has 2 aromatic rings. The SMILES string of the molecule is CCO[C@H]1CN(Cc2cnn(-c3cccc(F)c3)c2)C[C@@H]1O. The molecule has 0 saturated carbocycles. The fourth-order valence-electron chi connectivity index (χ4n) is 2.80. The minimum Gasteiger partial charge on any atom is -0.389 e. The van der Waals surface area contributed by atoms with Gasteiger partial charge in [-0.15, -0.1) is 0 Å². The molecular formula is C16H20FN3O2. The number of ether oxygens (including phenoxy) is 1. The summed E-state index contributed by atoms with van der Waals surface area (Å²) in [5, 5.41) is 14.2. The van der Waals surface area contributed by atoms with Crippen LogP contribution in [-0.2, 0) is 11.3 Å². The minimum absolute atomic E-state index is 0.122. The van der Waals surface area contributed by atoms with Crippen molar-refractivity contribution in [3.63, 3.8) is 0 Å². The van der Waals surface area contributed by atoms with Gasteiger partial charge in [0.1, 0.15) is 5.82 Å². The number of aromatic nitrogens is 2. The van der Waals surface area contributed by atoms with E-state index in [0.29, 0.717) is 31.9 Å². The summed E-state index contributed by atoms with van der Waals surface area (Å²) in [6, 6.07) is 6.33. The zero-order valence-electron chi connectivity index (χ0n) is 12.5. The molecule has 5 nitrogen and oxygen atoms in total. The number of nitrogens with zero attached hydrogens (tertiary/aromatic N) is 3. The average Bonchev–Trinajstić information content (AvgIpc) is 3.07. The third-order valence-corrected chi connectivity index (χ3v) is 3.81. The monoisotopic (exact) mass is 305 g/mol. The Balaban J connectivity index is 1.65. The third-order valence-electron chi connectivity index (χ3n) is 3.81. The molecule has 1 aliphatic heterocycles. The van der Waals surface area contributed by atoms with Crippen molar-refractivity contribution in [2.45, 2.75) is 25.7 Å². The Bertz CT molecular complexity index is 631. The highest BCUT2D eigenvalue weighted by molar-refractivity contribution is 5.31. The van der Waals surface area contributed by atoms with E-state index in [0.717, 1.165) is 5.56 Å². The second-order valence-corrected chi connectivity index (χ2v) is 5.53. The molecule has 1 aromatic heterocycles. The van der Waals surface area contributed by atoms with Crippen LogP contribution in [-0.4, -0.2) is 51.7 Å². The zero-order chi connectivity index (χ0) is 15.5. The first-order valence-electron chi connectivity index (χ1n) is 7.47. The summed E-state index contributed by atoms with van der Waals surface area (Å²) in [6.45, 7) is 4.53. The van der Waals surface area contributed by atoms with Crippen LogP contribution in [0.1, 0.15) is 12.5 Å². The van der Waals surface area contributed by atoms with Gasteiger partial charge in [0.15, 0.2) is 0 Å². The number of aliphatic hydroxyl groups is 1. The molecule has 0 aliphatic carbocycles. The second kappa shape index (κ2) is 6.56. The molecule has 3 rings (SSSR count). The first kappa shape index (κ1) is 15.1. The molecule has 0 bridgehead atoms. The van der Waals surface area contributed by atoms with Gasteiger partial charge < -0.3 is 9.84 Å². The summed E-state index contributed by atoms with van der Waals surface area (Å²) in [6.07, 6.45) is 3.09. The number of hydrogen-bond donors (Lipinski definition) is 1. The van der Waals surface area contributed by atoms with Gasteiger partial charge in [0.2, 0.25) is 0 Å². The first-order valence-corrected chi connectivity index (χ1v) is 7.47. The fraction of sp³-hybridized carbons (Fsp3) is 0.438. The molecule has 2 heterocycles. The van der Waals surface area contributed by atoms with Crippen LogP contribution in [0.2, 0.25) is 0 Å². The van der Waals surface area contributed by atoms with E-state index in [9.17, 15) is 9.50 Å². The number of benzene rings is 1. The van der Waals surface area contributed by atoms with Crippen LogP contribution in [0.3, 0.4) is 0 Å². The number of rotatable bonds is 5. The lowest BCUT2D eigenvalue weighted by molar-refractivity contribution is -0.00245. The van der Waals surface area contributed by atoms with E-state index in [1.807, 2.05) is 19.2 Å². The molecule has 1 saturated heterocycles. The van der Waals surface area contributed by atoms with Crippen molar-refractivity contribution in [1.29, 1.82) is 0 Å². The summed E-state index contributed by atoms with van der Waals surface area (Å²) in [4.78, 5) is 2.14. The Labute approximate surface area is 128 Å². The summed E-state index contributed by atoms with van der Waals surface area (Å²) in [5.41, 5.74) is 1.72.